The Labute approximate surface area is 127 Å². The van der Waals surface area contributed by atoms with Gasteiger partial charge < -0.3 is 11.1 Å². The molecule has 0 unspecified atom stereocenters. The van der Waals surface area contributed by atoms with E-state index in [9.17, 15) is 14.9 Å². The van der Waals surface area contributed by atoms with Crippen LogP contribution in [0, 0.1) is 10.1 Å². The van der Waals surface area contributed by atoms with Crippen molar-refractivity contribution in [1.29, 1.82) is 0 Å². The summed E-state index contributed by atoms with van der Waals surface area (Å²) in [5.74, 6) is -0.243. The molecule has 0 saturated carbocycles. The maximum atomic E-state index is 12.0. The molecule has 8 heteroatoms. The molecule has 1 heterocycles. The van der Waals surface area contributed by atoms with Crippen LogP contribution in [0.1, 0.15) is 12.8 Å². The Morgan fingerprint density at radius 3 is 2.76 bits per heavy atom. The number of hydrogen-bond acceptors (Lipinski definition) is 5. The second-order valence-electron chi connectivity index (χ2n) is 5.08. The van der Waals surface area contributed by atoms with Gasteiger partial charge in [-0.2, -0.15) is 0 Å². The standard InChI is InChI=1S/C13H17ClN4O3/c14-11-2-1-10(18(20)21)7-12(11)16-13(19)8-17-5-3-9(15)4-6-17/h1-2,7,9H,3-6,8,15H2,(H,16,19). The molecule has 1 aromatic rings. The second kappa shape index (κ2) is 6.84. The SMILES string of the molecule is NC1CCN(CC(=O)Nc2cc([N+](=O)[O-])ccc2Cl)CC1. The number of carbonyl (C=O) groups excluding carboxylic acids is 1. The molecular weight excluding hydrogens is 296 g/mol. The average molecular weight is 313 g/mol. The third-order valence-corrected chi connectivity index (χ3v) is 3.76. The maximum Gasteiger partial charge on any atom is 0.271 e. The highest BCUT2D eigenvalue weighted by molar-refractivity contribution is 6.33. The monoisotopic (exact) mass is 312 g/mol. The molecule has 0 atom stereocenters. The minimum atomic E-state index is -0.530. The highest BCUT2D eigenvalue weighted by Crippen LogP contribution is 2.26. The Bertz CT molecular complexity index is 544. The first-order valence-electron chi connectivity index (χ1n) is 6.67. The van der Waals surface area contributed by atoms with Crippen LogP contribution >= 0.6 is 11.6 Å². The number of nitrogens with two attached hydrogens (primary N) is 1. The van der Waals surface area contributed by atoms with Gasteiger partial charge in [-0.05, 0) is 18.9 Å². The van der Waals surface area contributed by atoms with E-state index in [1.54, 1.807) is 0 Å². The highest BCUT2D eigenvalue weighted by Gasteiger charge is 2.19. The fourth-order valence-electron chi connectivity index (χ4n) is 2.23. The molecule has 7 nitrogen and oxygen atoms in total. The number of halogens is 1. The van der Waals surface area contributed by atoms with Crippen LogP contribution in [-0.4, -0.2) is 41.4 Å². The van der Waals surface area contributed by atoms with E-state index in [1.165, 1.54) is 18.2 Å². The van der Waals surface area contributed by atoms with Crippen molar-refractivity contribution in [3.63, 3.8) is 0 Å². The van der Waals surface area contributed by atoms with Crippen molar-refractivity contribution in [1.82, 2.24) is 4.90 Å². The van der Waals surface area contributed by atoms with Crippen LogP contribution in [0.5, 0.6) is 0 Å². The van der Waals surface area contributed by atoms with Gasteiger partial charge in [-0.25, -0.2) is 0 Å². The van der Waals surface area contributed by atoms with Gasteiger partial charge in [0.25, 0.3) is 5.69 Å². The first kappa shape index (κ1) is 15.7. The lowest BCUT2D eigenvalue weighted by Crippen LogP contribution is -2.43. The number of piperidine rings is 1. The summed E-state index contributed by atoms with van der Waals surface area (Å²) in [5, 5.41) is 13.6. The molecule has 1 amide bonds. The Hall–Kier alpha value is -1.70. The largest absolute Gasteiger partial charge is 0.328 e. The van der Waals surface area contributed by atoms with Crippen molar-refractivity contribution in [2.75, 3.05) is 25.0 Å². The van der Waals surface area contributed by atoms with E-state index in [4.69, 9.17) is 17.3 Å². The summed E-state index contributed by atoms with van der Waals surface area (Å²) in [6.07, 6.45) is 1.73. The first-order valence-corrected chi connectivity index (χ1v) is 7.05. The normalized spacial score (nSPS) is 16.7. The molecule has 21 heavy (non-hydrogen) atoms. The lowest BCUT2D eigenvalue weighted by Gasteiger charge is -2.29. The smallest absolute Gasteiger partial charge is 0.271 e. The molecule has 2 rings (SSSR count). The van der Waals surface area contributed by atoms with E-state index in [-0.39, 0.29) is 34.9 Å². The summed E-state index contributed by atoms with van der Waals surface area (Å²) in [6.45, 7) is 1.78. The number of nitrogens with one attached hydrogen (secondary N) is 1. The van der Waals surface area contributed by atoms with Gasteiger partial charge in [0.05, 0.1) is 22.2 Å². The van der Waals surface area contributed by atoms with Gasteiger partial charge in [-0.3, -0.25) is 19.8 Å². The zero-order chi connectivity index (χ0) is 15.4. The molecular formula is C13H17ClN4O3. The van der Waals surface area contributed by atoms with Crippen LogP contribution in [0.25, 0.3) is 0 Å². The molecule has 0 bridgehead atoms. The van der Waals surface area contributed by atoms with Crippen LogP contribution in [0.4, 0.5) is 11.4 Å². The average Bonchev–Trinajstić information content (AvgIpc) is 2.43. The molecule has 1 aliphatic heterocycles. The minimum Gasteiger partial charge on any atom is -0.328 e. The molecule has 0 spiro atoms. The van der Waals surface area contributed by atoms with Gasteiger partial charge >= 0.3 is 0 Å². The molecule has 1 aromatic carbocycles. The second-order valence-corrected chi connectivity index (χ2v) is 5.49. The van der Waals surface area contributed by atoms with Gasteiger partial charge in [0, 0.05) is 31.3 Å². The molecule has 1 saturated heterocycles. The van der Waals surface area contributed by atoms with Gasteiger partial charge in [0.2, 0.25) is 5.91 Å². The lowest BCUT2D eigenvalue weighted by molar-refractivity contribution is -0.384. The summed E-state index contributed by atoms with van der Waals surface area (Å²) < 4.78 is 0. The van der Waals surface area contributed by atoms with Crippen molar-refractivity contribution in [2.45, 2.75) is 18.9 Å². The van der Waals surface area contributed by atoms with Crippen LogP contribution in [-0.2, 0) is 4.79 Å². The number of amides is 1. The predicted molar refractivity (Wildman–Crippen MR) is 80.4 cm³/mol. The van der Waals surface area contributed by atoms with E-state index in [1.807, 2.05) is 4.90 Å². The lowest BCUT2D eigenvalue weighted by atomic mass is 10.1. The van der Waals surface area contributed by atoms with E-state index >= 15 is 0 Å². The van der Waals surface area contributed by atoms with Gasteiger partial charge in [-0.15, -0.1) is 0 Å². The van der Waals surface area contributed by atoms with Crippen molar-refractivity contribution in [3.05, 3.63) is 33.3 Å². The summed E-state index contributed by atoms with van der Waals surface area (Å²) in [5.41, 5.74) is 5.95. The number of anilines is 1. The number of hydrogen-bond donors (Lipinski definition) is 2. The number of non-ortho nitro benzene ring substituents is 1. The van der Waals surface area contributed by atoms with Gasteiger partial charge in [0.1, 0.15) is 0 Å². The van der Waals surface area contributed by atoms with E-state index in [2.05, 4.69) is 5.32 Å². The molecule has 1 fully saturated rings. The highest BCUT2D eigenvalue weighted by atomic mass is 35.5. The fraction of sp³-hybridized carbons (Fsp3) is 0.462. The maximum absolute atomic E-state index is 12.0. The number of nitrogens with zero attached hydrogens (tertiary/aromatic N) is 2. The zero-order valence-electron chi connectivity index (χ0n) is 11.4. The predicted octanol–water partition coefficient (Wildman–Crippen LogP) is 1.61. The summed E-state index contributed by atoms with van der Waals surface area (Å²) >= 11 is 5.94. The quantitative estimate of drug-likeness (QED) is 0.649. The number of carbonyl (C=O) groups is 1. The zero-order valence-corrected chi connectivity index (χ0v) is 12.2. The van der Waals surface area contributed by atoms with Crippen molar-refractivity contribution < 1.29 is 9.72 Å². The van der Waals surface area contributed by atoms with E-state index in [0.29, 0.717) is 0 Å². The molecule has 0 radical (unpaired) electrons. The molecule has 114 valence electrons. The topological polar surface area (TPSA) is 102 Å². The Morgan fingerprint density at radius 2 is 2.14 bits per heavy atom. The Kier molecular flexibility index (Phi) is 5.11. The third-order valence-electron chi connectivity index (χ3n) is 3.43. The van der Waals surface area contributed by atoms with Crippen molar-refractivity contribution in [3.8, 4) is 0 Å². The van der Waals surface area contributed by atoms with Crippen LogP contribution in [0.15, 0.2) is 18.2 Å². The van der Waals surface area contributed by atoms with Crippen molar-refractivity contribution >= 4 is 28.9 Å². The number of rotatable bonds is 4. The fourth-order valence-corrected chi connectivity index (χ4v) is 2.39. The minimum absolute atomic E-state index is 0.112. The molecule has 0 aromatic heterocycles. The summed E-state index contributed by atoms with van der Waals surface area (Å²) in [7, 11) is 0. The number of benzene rings is 1. The summed E-state index contributed by atoms with van der Waals surface area (Å²) in [6, 6.07) is 4.15. The molecule has 1 aliphatic rings. The summed E-state index contributed by atoms with van der Waals surface area (Å²) in [4.78, 5) is 24.2. The third kappa shape index (κ3) is 4.38. The Balaban J connectivity index is 1.96. The number of nitro benzene ring substituents is 1. The van der Waals surface area contributed by atoms with Crippen LogP contribution in [0.3, 0.4) is 0 Å². The van der Waals surface area contributed by atoms with Gasteiger partial charge in [-0.1, -0.05) is 11.6 Å². The Morgan fingerprint density at radius 1 is 1.48 bits per heavy atom. The number of nitro groups is 1. The molecule has 0 aliphatic carbocycles. The van der Waals surface area contributed by atoms with Crippen LogP contribution in [0.2, 0.25) is 5.02 Å². The molecule has 3 N–H and O–H groups in total. The van der Waals surface area contributed by atoms with Gasteiger partial charge in [0.15, 0.2) is 0 Å². The van der Waals surface area contributed by atoms with Crippen molar-refractivity contribution in [2.24, 2.45) is 5.73 Å². The number of likely N-dealkylation sites (tertiary alicyclic amines) is 1. The van der Waals surface area contributed by atoms with E-state index in [0.717, 1.165) is 25.9 Å². The van der Waals surface area contributed by atoms with E-state index < -0.39 is 4.92 Å². The first-order chi connectivity index (χ1) is 9.95. The van der Waals surface area contributed by atoms with Crippen LogP contribution < -0.4 is 11.1 Å².